The Morgan fingerprint density at radius 2 is 2.12 bits per heavy atom. The van der Waals surface area contributed by atoms with Gasteiger partial charge in [-0.2, -0.15) is 0 Å². The molecule has 0 bridgehead atoms. The molecule has 0 spiro atoms. The van der Waals surface area contributed by atoms with E-state index in [1.807, 2.05) is 12.1 Å². The Hall–Kier alpha value is -0.890. The third kappa shape index (κ3) is 2.68. The fourth-order valence-corrected chi connectivity index (χ4v) is 3.18. The molecule has 2 N–H and O–H groups in total. The van der Waals surface area contributed by atoms with Gasteiger partial charge in [0.2, 0.25) is 0 Å². The van der Waals surface area contributed by atoms with Crippen LogP contribution >= 0.6 is 0 Å². The Morgan fingerprint density at radius 3 is 2.82 bits per heavy atom. The van der Waals surface area contributed by atoms with Gasteiger partial charge in [-0.3, -0.25) is 0 Å². The molecule has 1 saturated carbocycles. The van der Waals surface area contributed by atoms with Gasteiger partial charge in [0, 0.05) is 5.54 Å². The molecule has 1 nitrogen and oxygen atoms in total. The quantitative estimate of drug-likeness (QED) is 0.850. The molecule has 2 unspecified atom stereocenters. The Labute approximate surface area is 103 Å². The van der Waals surface area contributed by atoms with Crippen LogP contribution in [0.3, 0.4) is 0 Å². The van der Waals surface area contributed by atoms with E-state index in [2.05, 4.69) is 6.92 Å². The molecule has 0 aromatic heterocycles. The van der Waals surface area contributed by atoms with Gasteiger partial charge in [0.25, 0.3) is 0 Å². The summed E-state index contributed by atoms with van der Waals surface area (Å²) in [5, 5.41) is 0. The highest BCUT2D eigenvalue weighted by molar-refractivity contribution is 5.20. The zero-order valence-corrected chi connectivity index (χ0v) is 10.6. The summed E-state index contributed by atoms with van der Waals surface area (Å²) in [7, 11) is 0. The summed E-state index contributed by atoms with van der Waals surface area (Å²) in [6.45, 7) is 2.19. The summed E-state index contributed by atoms with van der Waals surface area (Å²) in [5.41, 5.74) is 7.12. The van der Waals surface area contributed by atoms with Crippen molar-refractivity contribution in [2.24, 2.45) is 11.7 Å². The Bertz CT molecular complexity index is 377. The van der Waals surface area contributed by atoms with E-state index >= 15 is 0 Å². The lowest BCUT2D eigenvalue weighted by molar-refractivity contribution is 0.181. The lowest BCUT2D eigenvalue weighted by atomic mass is 9.69. The van der Waals surface area contributed by atoms with E-state index in [9.17, 15) is 4.39 Å². The summed E-state index contributed by atoms with van der Waals surface area (Å²) >= 11 is 0. The van der Waals surface area contributed by atoms with Crippen molar-refractivity contribution in [1.82, 2.24) is 0 Å². The fraction of sp³-hybridized carbons (Fsp3) is 0.600. The van der Waals surface area contributed by atoms with Gasteiger partial charge in [-0.15, -0.1) is 0 Å². The first kappa shape index (κ1) is 12.6. The highest BCUT2D eigenvalue weighted by Gasteiger charge is 2.36. The van der Waals surface area contributed by atoms with Gasteiger partial charge in [-0.1, -0.05) is 44.4 Å². The topological polar surface area (TPSA) is 26.0 Å². The molecule has 2 heteroatoms. The van der Waals surface area contributed by atoms with Crippen LogP contribution in [0.4, 0.5) is 4.39 Å². The van der Waals surface area contributed by atoms with E-state index in [4.69, 9.17) is 5.73 Å². The number of hydrogen-bond acceptors (Lipinski definition) is 1. The molecule has 0 radical (unpaired) electrons. The van der Waals surface area contributed by atoms with E-state index in [-0.39, 0.29) is 11.4 Å². The van der Waals surface area contributed by atoms with Crippen LogP contribution in [0.15, 0.2) is 24.3 Å². The SMILES string of the molecule is CCC1CCCCC1(N)Cc1ccccc1F. The second-order valence-electron chi connectivity index (χ2n) is 5.35. The van der Waals surface area contributed by atoms with E-state index in [1.54, 1.807) is 6.07 Å². The molecule has 1 aliphatic carbocycles. The van der Waals surface area contributed by atoms with Gasteiger partial charge in [0.05, 0.1) is 0 Å². The predicted molar refractivity (Wildman–Crippen MR) is 69.3 cm³/mol. The summed E-state index contributed by atoms with van der Waals surface area (Å²) in [5.74, 6) is 0.425. The highest BCUT2D eigenvalue weighted by atomic mass is 19.1. The number of nitrogens with two attached hydrogens (primary N) is 1. The number of benzene rings is 1. The second-order valence-corrected chi connectivity index (χ2v) is 5.35. The van der Waals surface area contributed by atoms with Crippen LogP contribution in [0.5, 0.6) is 0 Å². The lowest BCUT2D eigenvalue weighted by Gasteiger charge is -2.41. The van der Waals surface area contributed by atoms with Crippen LogP contribution < -0.4 is 5.73 Å². The van der Waals surface area contributed by atoms with Crippen molar-refractivity contribution in [3.05, 3.63) is 35.6 Å². The molecule has 17 heavy (non-hydrogen) atoms. The molecule has 1 aromatic carbocycles. The van der Waals surface area contributed by atoms with E-state index in [1.165, 1.54) is 25.3 Å². The number of halogens is 1. The normalized spacial score (nSPS) is 29.2. The van der Waals surface area contributed by atoms with E-state index < -0.39 is 0 Å². The van der Waals surface area contributed by atoms with Crippen LogP contribution in [0.2, 0.25) is 0 Å². The molecule has 2 atom stereocenters. The van der Waals surface area contributed by atoms with E-state index in [0.29, 0.717) is 12.3 Å². The Morgan fingerprint density at radius 1 is 1.35 bits per heavy atom. The third-order valence-corrected chi connectivity index (χ3v) is 4.23. The zero-order valence-electron chi connectivity index (χ0n) is 10.6. The maximum absolute atomic E-state index is 13.7. The van der Waals surface area contributed by atoms with Gasteiger partial charge in [-0.05, 0) is 36.8 Å². The molecule has 1 aliphatic rings. The summed E-state index contributed by atoms with van der Waals surface area (Å²) < 4.78 is 13.7. The zero-order chi connectivity index (χ0) is 12.3. The van der Waals surface area contributed by atoms with Gasteiger partial charge >= 0.3 is 0 Å². The molecule has 0 aliphatic heterocycles. The summed E-state index contributed by atoms with van der Waals surface area (Å²) in [4.78, 5) is 0. The first-order chi connectivity index (χ1) is 8.15. The minimum atomic E-state index is -0.199. The second kappa shape index (κ2) is 5.18. The predicted octanol–water partition coefficient (Wildman–Crippen LogP) is 3.67. The van der Waals surface area contributed by atoms with Gasteiger partial charge < -0.3 is 5.73 Å². The van der Waals surface area contributed by atoms with Crippen molar-refractivity contribution in [3.8, 4) is 0 Å². The number of rotatable bonds is 3. The van der Waals surface area contributed by atoms with Crippen molar-refractivity contribution in [3.63, 3.8) is 0 Å². The molecular formula is C15H22FN. The van der Waals surface area contributed by atoms with Gasteiger partial charge in [-0.25, -0.2) is 4.39 Å². The Balaban J connectivity index is 2.18. The minimum Gasteiger partial charge on any atom is -0.325 e. The fourth-order valence-electron chi connectivity index (χ4n) is 3.18. The van der Waals surface area contributed by atoms with Crippen molar-refractivity contribution in [2.45, 2.75) is 51.0 Å². The highest BCUT2D eigenvalue weighted by Crippen LogP contribution is 2.36. The van der Waals surface area contributed by atoms with Crippen molar-refractivity contribution in [1.29, 1.82) is 0 Å². The summed E-state index contributed by atoms with van der Waals surface area (Å²) in [6, 6.07) is 7.03. The Kier molecular flexibility index (Phi) is 3.82. The molecule has 1 fully saturated rings. The minimum absolute atomic E-state index is 0.113. The smallest absolute Gasteiger partial charge is 0.126 e. The monoisotopic (exact) mass is 235 g/mol. The van der Waals surface area contributed by atoms with Gasteiger partial charge in [0.15, 0.2) is 0 Å². The van der Waals surface area contributed by atoms with Crippen molar-refractivity contribution in [2.75, 3.05) is 0 Å². The van der Waals surface area contributed by atoms with Crippen molar-refractivity contribution >= 4 is 0 Å². The molecule has 2 rings (SSSR count). The van der Waals surface area contributed by atoms with Crippen LogP contribution in [-0.2, 0) is 6.42 Å². The van der Waals surface area contributed by atoms with Crippen molar-refractivity contribution < 1.29 is 4.39 Å². The molecule has 0 heterocycles. The third-order valence-electron chi connectivity index (χ3n) is 4.23. The summed E-state index contributed by atoms with van der Waals surface area (Å²) in [6.07, 6.45) is 6.46. The average molecular weight is 235 g/mol. The lowest BCUT2D eigenvalue weighted by Crippen LogP contribution is -2.51. The molecule has 0 saturated heterocycles. The molecule has 94 valence electrons. The molecular weight excluding hydrogens is 213 g/mol. The average Bonchev–Trinajstić information content (AvgIpc) is 2.32. The van der Waals surface area contributed by atoms with Crippen LogP contribution in [-0.4, -0.2) is 5.54 Å². The molecule has 0 amide bonds. The standard InChI is InChI=1S/C15H22FN/c1-2-13-8-5-6-10-15(13,17)11-12-7-3-4-9-14(12)16/h3-4,7,9,13H,2,5-6,8,10-11,17H2,1H3. The first-order valence-corrected chi connectivity index (χ1v) is 6.68. The number of hydrogen-bond donors (Lipinski definition) is 1. The molecule has 1 aromatic rings. The maximum Gasteiger partial charge on any atom is 0.126 e. The largest absolute Gasteiger partial charge is 0.325 e. The maximum atomic E-state index is 13.7. The van der Waals surface area contributed by atoms with Gasteiger partial charge in [0.1, 0.15) is 5.82 Å². The van der Waals surface area contributed by atoms with Crippen LogP contribution in [0, 0.1) is 11.7 Å². The van der Waals surface area contributed by atoms with E-state index in [0.717, 1.165) is 18.4 Å². The van der Waals surface area contributed by atoms with Crippen LogP contribution in [0.25, 0.3) is 0 Å². The first-order valence-electron chi connectivity index (χ1n) is 6.68. The van der Waals surface area contributed by atoms with Crippen LogP contribution in [0.1, 0.15) is 44.6 Å².